The molecule has 2 N–H and O–H groups in total. The number of sulfone groups is 1. The zero-order chi connectivity index (χ0) is 15.6. The second kappa shape index (κ2) is 6.19. The van der Waals surface area contributed by atoms with E-state index < -0.39 is 20.5 Å². The third-order valence-corrected chi connectivity index (χ3v) is 5.99. The molecule has 1 heterocycles. The molecule has 20 heavy (non-hydrogen) atoms. The molecule has 1 aromatic rings. The average Bonchev–Trinajstić information content (AvgIpc) is 2.76. The fourth-order valence-electron chi connectivity index (χ4n) is 1.37. The van der Waals surface area contributed by atoms with E-state index in [9.17, 15) is 13.2 Å². The maximum absolute atomic E-state index is 12.0. The molecule has 114 valence electrons. The van der Waals surface area contributed by atoms with Gasteiger partial charge in [0, 0.05) is 17.7 Å². The minimum atomic E-state index is -3.49. The van der Waals surface area contributed by atoms with Crippen LogP contribution in [0.4, 0.5) is 5.13 Å². The average molecular weight is 319 g/mol. The summed E-state index contributed by atoms with van der Waals surface area (Å²) in [6.45, 7) is 7.56. The van der Waals surface area contributed by atoms with Crippen molar-refractivity contribution in [2.45, 2.75) is 38.5 Å². The predicted octanol–water partition coefficient (Wildman–Crippen LogP) is 1.58. The molecule has 0 fully saturated rings. The number of anilines is 1. The Morgan fingerprint density at radius 3 is 2.60 bits per heavy atom. The first-order chi connectivity index (χ1) is 9.09. The molecule has 6 nitrogen and oxygen atoms in total. The predicted molar refractivity (Wildman–Crippen MR) is 81.8 cm³/mol. The maximum Gasteiger partial charge on any atom is 0.247 e. The number of amides is 1. The van der Waals surface area contributed by atoms with E-state index in [4.69, 9.17) is 0 Å². The molecule has 0 radical (unpaired) electrons. The van der Waals surface area contributed by atoms with Crippen LogP contribution in [0.15, 0.2) is 5.38 Å². The van der Waals surface area contributed by atoms with Crippen molar-refractivity contribution in [3.05, 3.63) is 11.1 Å². The molecule has 1 atom stereocenters. The van der Waals surface area contributed by atoms with Crippen molar-refractivity contribution in [3.8, 4) is 0 Å². The van der Waals surface area contributed by atoms with Crippen LogP contribution in [0.2, 0.25) is 0 Å². The van der Waals surface area contributed by atoms with Gasteiger partial charge in [0.05, 0.1) is 5.69 Å². The van der Waals surface area contributed by atoms with Crippen LogP contribution in [-0.2, 0) is 14.6 Å². The molecule has 1 aromatic heterocycles. The van der Waals surface area contributed by atoms with Crippen LogP contribution in [-0.4, -0.2) is 36.9 Å². The van der Waals surface area contributed by atoms with Gasteiger partial charge in [-0.25, -0.2) is 13.4 Å². The number of hydrogen-bond acceptors (Lipinski definition) is 6. The molecular weight excluding hydrogens is 298 g/mol. The molecule has 1 rings (SSSR count). The second-order valence-corrected chi connectivity index (χ2v) is 8.52. The van der Waals surface area contributed by atoms with E-state index in [1.54, 1.807) is 0 Å². The number of hydrogen-bond donors (Lipinski definition) is 2. The van der Waals surface area contributed by atoms with Crippen LogP contribution in [0.25, 0.3) is 0 Å². The molecule has 0 saturated carbocycles. The summed E-state index contributed by atoms with van der Waals surface area (Å²) in [6, 6.07) is 0.0878. The first kappa shape index (κ1) is 17.1. The molecule has 0 aliphatic heterocycles. The van der Waals surface area contributed by atoms with Gasteiger partial charge in [-0.3, -0.25) is 4.79 Å². The van der Waals surface area contributed by atoms with Gasteiger partial charge in [-0.1, -0.05) is 6.92 Å². The number of carbonyl (C=O) groups excluding carboxylic acids is 1. The van der Waals surface area contributed by atoms with Gasteiger partial charge in [0.1, 0.15) is 4.75 Å². The Morgan fingerprint density at radius 1 is 1.50 bits per heavy atom. The van der Waals surface area contributed by atoms with Crippen molar-refractivity contribution >= 4 is 32.2 Å². The van der Waals surface area contributed by atoms with E-state index in [1.165, 1.54) is 25.2 Å². The van der Waals surface area contributed by atoms with Crippen LogP contribution >= 0.6 is 11.3 Å². The quantitative estimate of drug-likeness (QED) is 0.831. The topological polar surface area (TPSA) is 88.2 Å². The standard InChI is InChI=1S/C12H21N3O3S2/c1-6-13-8(2)9-7-19-11(14-9)15-10(16)12(3,4)20(5,17)18/h7-8,13H,6H2,1-5H3,(H,14,15,16). The minimum Gasteiger partial charge on any atom is -0.309 e. The summed E-state index contributed by atoms with van der Waals surface area (Å²) in [5.74, 6) is -0.572. The normalized spacial score (nSPS) is 14.1. The Morgan fingerprint density at radius 2 is 2.10 bits per heavy atom. The molecular formula is C12H21N3O3S2. The van der Waals surface area contributed by atoms with Crippen molar-refractivity contribution in [1.29, 1.82) is 0 Å². The van der Waals surface area contributed by atoms with Crippen LogP contribution in [0.3, 0.4) is 0 Å². The SMILES string of the molecule is CCNC(C)c1csc(NC(=O)C(C)(C)S(C)(=O)=O)n1. The van der Waals surface area contributed by atoms with Gasteiger partial charge < -0.3 is 10.6 Å². The van der Waals surface area contributed by atoms with Gasteiger partial charge in [0.2, 0.25) is 5.91 Å². The number of rotatable bonds is 6. The number of aromatic nitrogens is 1. The highest BCUT2D eigenvalue weighted by atomic mass is 32.2. The smallest absolute Gasteiger partial charge is 0.247 e. The highest BCUT2D eigenvalue weighted by Gasteiger charge is 2.38. The lowest BCUT2D eigenvalue weighted by atomic mass is 10.2. The van der Waals surface area contributed by atoms with Crippen molar-refractivity contribution in [1.82, 2.24) is 10.3 Å². The van der Waals surface area contributed by atoms with Crippen LogP contribution in [0, 0.1) is 0 Å². The summed E-state index contributed by atoms with van der Waals surface area (Å²) in [4.78, 5) is 16.3. The Kier molecular flexibility index (Phi) is 5.28. The highest BCUT2D eigenvalue weighted by Crippen LogP contribution is 2.23. The van der Waals surface area contributed by atoms with Gasteiger partial charge >= 0.3 is 0 Å². The van der Waals surface area contributed by atoms with Gasteiger partial charge in [-0.15, -0.1) is 11.3 Å². The fourth-order valence-corrected chi connectivity index (χ4v) is 2.56. The number of nitrogens with zero attached hydrogens (tertiary/aromatic N) is 1. The van der Waals surface area contributed by atoms with Crippen molar-refractivity contribution in [2.24, 2.45) is 0 Å². The number of carbonyl (C=O) groups is 1. The van der Waals surface area contributed by atoms with E-state index >= 15 is 0 Å². The van der Waals surface area contributed by atoms with Gasteiger partial charge in [0.15, 0.2) is 15.0 Å². The van der Waals surface area contributed by atoms with Crippen molar-refractivity contribution in [2.75, 3.05) is 18.1 Å². The molecule has 0 aliphatic carbocycles. The lowest BCUT2D eigenvalue weighted by molar-refractivity contribution is -0.117. The first-order valence-corrected chi connectivity index (χ1v) is 9.06. The maximum atomic E-state index is 12.0. The summed E-state index contributed by atoms with van der Waals surface area (Å²) in [7, 11) is -3.49. The molecule has 0 saturated heterocycles. The van der Waals surface area contributed by atoms with Crippen LogP contribution in [0.5, 0.6) is 0 Å². The van der Waals surface area contributed by atoms with E-state index in [-0.39, 0.29) is 6.04 Å². The highest BCUT2D eigenvalue weighted by molar-refractivity contribution is 7.92. The van der Waals surface area contributed by atoms with E-state index in [1.807, 2.05) is 19.2 Å². The Bertz CT molecular complexity index is 579. The number of nitrogens with one attached hydrogen (secondary N) is 2. The zero-order valence-electron chi connectivity index (χ0n) is 12.4. The largest absolute Gasteiger partial charge is 0.309 e. The summed E-state index contributed by atoms with van der Waals surface area (Å²) in [6.07, 6.45) is 1.05. The molecule has 1 unspecified atom stereocenters. The second-order valence-electron chi connectivity index (χ2n) is 5.09. The fraction of sp³-hybridized carbons (Fsp3) is 0.667. The zero-order valence-corrected chi connectivity index (χ0v) is 14.0. The van der Waals surface area contributed by atoms with Gasteiger partial charge in [0.25, 0.3) is 0 Å². The van der Waals surface area contributed by atoms with E-state index in [2.05, 4.69) is 15.6 Å². The Balaban J connectivity index is 2.83. The third-order valence-electron chi connectivity index (χ3n) is 3.17. The van der Waals surface area contributed by atoms with Crippen molar-refractivity contribution in [3.63, 3.8) is 0 Å². The summed E-state index contributed by atoms with van der Waals surface area (Å²) in [5.41, 5.74) is 0.823. The molecule has 0 spiro atoms. The monoisotopic (exact) mass is 319 g/mol. The van der Waals surface area contributed by atoms with Crippen molar-refractivity contribution < 1.29 is 13.2 Å². The summed E-state index contributed by atoms with van der Waals surface area (Å²) < 4.78 is 21.7. The third kappa shape index (κ3) is 3.77. The number of thiazole rings is 1. The Labute approximate surface area is 123 Å². The molecule has 0 aliphatic rings. The van der Waals surface area contributed by atoms with Gasteiger partial charge in [-0.2, -0.15) is 0 Å². The minimum absolute atomic E-state index is 0.0878. The molecule has 8 heteroatoms. The van der Waals surface area contributed by atoms with E-state index in [0.29, 0.717) is 5.13 Å². The van der Waals surface area contributed by atoms with Gasteiger partial charge in [-0.05, 0) is 27.3 Å². The Hall–Kier alpha value is -0.990. The molecule has 0 aromatic carbocycles. The molecule has 1 amide bonds. The lowest BCUT2D eigenvalue weighted by Gasteiger charge is -2.20. The van der Waals surface area contributed by atoms with Crippen LogP contribution in [0.1, 0.15) is 39.4 Å². The summed E-state index contributed by atoms with van der Waals surface area (Å²) >= 11 is 1.28. The summed E-state index contributed by atoms with van der Waals surface area (Å²) in [5, 5.41) is 8.04. The van der Waals surface area contributed by atoms with Crippen LogP contribution < -0.4 is 10.6 Å². The lowest BCUT2D eigenvalue weighted by Crippen LogP contribution is -2.43. The first-order valence-electron chi connectivity index (χ1n) is 6.29. The molecule has 0 bridgehead atoms. The van der Waals surface area contributed by atoms with E-state index in [0.717, 1.165) is 18.5 Å².